The summed E-state index contributed by atoms with van der Waals surface area (Å²) in [7, 11) is 1.60. The van der Waals surface area contributed by atoms with Crippen LogP contribution in [-0.2, 0) is 13.1 Å². The van der Waals surface area contributed by atoms with E-state index in [9.17, 15) is 14.4 Å². The Morgan fingerprint density at radius 2 is 1.63 bits per heavy atom. The van der Waals surface area contributed by atoms with Crippen LogP contribution in [0.25, 0.3) is 5.69 Å². The molecule has 0 saturated heterocycles. The number of carbonyl (C=O) groups is 1. The minimum Gasteiger partial charge on any atom is -0.336 e. The quantitative estimate of drug-likeness (QED) is 0.411. The molecule has 0 atom stereocenters. The lowest BCUT2D eigenvalue weighted by atomic mass is 10.1. The van der Waals surface area contributed by atoms with Crippen LogP contribution in [0.15, 0.2) is 82.4 Å². The van der Waals surface area contributed by atoms with Gasteiger partial charge in [-0.25, -0.2) is 4.79 Å². The lowest BCUT2D eigenvalue weighted by Crippen LogP contribution is -2.46. The fraction of sp³-hybridized carbons (Fsp3) is 0.185. The predicted molar refractivity (Wildman–Crippen MR) is 136 cm³/mol. The van der Waals surface area contributed by atoms with Crippen molar-refractivity contribution in [2.75, 3.05) is 7.05 Å². The van der Waals surface area contributed by atoms with Crippen molar-refractivity contribution in [3.63, 3.8) is 0 Å². The van der Waals surface area contributed by atoms with Crippen LogP contribution < -0.4 is 11.2 Å². The summed E-state index contributed by atoms with van der Waals surface area (Å²) >= 11 is 6.30. The van der Waals surface area contributed by atoms with Gasteiger partial charge in [-0.05, 0) is 54.3 Å². The molecule has 0 spiro atoms. The molecule has 0 aliphatic heterocycles. The maximum atomic E-state index is 13.4. The van der Waals surface area contributed by atoms with Crippen molar-refractivity contribution in [3.8, 4) is 5.69 Å². The van der Waals surface area contributed by atoms with E-state index in [4.69, 9.17) is 11.6 Å². The van der Waals surface area contributed by atoms with Gasteiger partial charge in [0.15, 0.2) is 0 Å². The largest absolute Gasteiger partial charge is 0.352 e. The van der Waals surface area contributed by atoms with Crippen molar-refractivity contribution in [2.45, 2.75) is 26.9 Å². The topological polar surface area (TPSA) is 77.2 Å². The van der Waals surface area contributed by atoms with Crippen LogP contribution in [0.1, 0.15) is 32.7 Å². The van der Waals surface area contributed by atoms with Crippen LogP contribution in [0.5, 0.6) is 0 Å². The van der Waals surface area contributed by atoms with Gasteiger partial charge in [-0.15, -0.1) is 0 Å². The number of benzene rings is 3. The van der Waals surface area contributed by atoms with E-state index in [-0.39, 0.29) is 18.8 Å². The molecule has 0 radical (unpaired) electrons. The lowest BCUT2D eigenvalue weighted by molar-refractivity contribution is 0.0773. The molecule has 3 aromatic carbocycles. The van der Waals surface area contributed by atoms with E-state index in [0.29, 0.717) is 16.3 Å². The first-order chi connectivity index (χ1) is 16.8. The van der Waals surface area contributed by atoms with Gasteiger partial charge in [0.1, 0.15) is 0 Å². The highest BCUT2D eigenvalue weighted by Gasteiger charge is 2.24. The van der Waals surface area contributed by atoms with Gasteiger partial charge in [0.05, 0.1) is 12.2 Å². The number of nitrogens with zero attached hydrogens (tertiary/aromatic N) is 4. The monoisotopic (exact) mass is 488 g/mol. The molecular formula is C27H25ClN4O3. The molecule has 7 nitrogen and oxygen atoms in total. The number of aromatic nitrogens is 3. The van der Waals surface area contributed by atoms with Crippen LogP contribution in [0.4, 0.5) is 0 Å². The highest BCUT2D eigenvalue weighted by atomic mass is 35.5. The van der Waals surface area contributed by atoms with Gasteiger partial charge in [0, 0.05) is 18.6 Å². The normalized spacial score (nSPS) is 10.9. The van der Waals surface area contributed by atoms with Gasteiger partial charge in [0.2, 0.25) is 5.69 Å². The van der Waals surface area contributed by atoms with Gasteiger partial charge < -0.3 is 4.90 Å². The molecule has 4 rings (SSSR count). The number of rotatable bonds is 6. The highest BCUT2D eigenvalue weighted by Crippen LogP contribution is 2.16. The number of halogens is 1. The predicted octanol–water partition coefficient (Wildman–Crippen LogP) is 3.98. The van der Waals surface area contributed by atoms with Gasteiger partial charge in [0.25, 0.3) is 11.5 Å². The standard InChI is InChI=1S/C27H25ClN4O3/c1-18-13-14-22(15-19(18)2)32-27(35)31(17-21-11-7-8-12-23(21)28)26(34)24(29-32)25(33)30(3)16-20-9-5-4-6-10-20/h4-15H,16-17H2,1-3H3. The summed E-state index contributed by atoms with van der Waals surface area (Å²) in [5.41, 5.74) is 2.20. The third kappa shape index (κ3) is 5.10. The summed E-state index contributed by atoms with van der Waals surface area (Å²) < 4.78 is 2.11. The Hall–Kier alpha value is -3.97. The first-order valence-corrected chi connectivity index (χ1v) is 11.5. The third-order valence-electron chi connectivity index (χ3n) is 5.89. The number of carbonyl (C=O) groups excluding carboxylic acids is 1. The smallest absolute Gasteiger partial charge is 0.336 e. The molecule has 0 aliphatic carbocycles. The Balaban J connectivity index is 1.86. The van der Waals surface area contributed by atoms with Crippen LogP contribution in [0, 0.1) is 13.8 Å². The highest BCUT2D eigenvalue weighted by molar-refractivity contribution is 6.31. The van der Waals surface area contributed by atoms with Gasteiger partial charge in [-0.1, -0.05) is 66.2 Å². The fourth-order valence-corrected chi connectivity index (χ4v) is 3.92. The average Bonchev–Trinajstić information content (AvgIpc) is 2.85. The maximum Gasteiger partial charge on any atom is 0.352 e. The molecule has 1 amide bonds. The van der Waals surface area contributed by atoms with E-state index in [2.05, 4.69) is 5.10 Å². The number of aryl methyl sites for hydroxylation is 2. The minimum absolute atomic E-state index is 0.0899. The molecule has 0 bridgehead atoms. The molecule has 0 saturated carbocycles. The summed E-state index contributed by atoms with van der Waals surface area (Å²) in [4.78, 5) is 41.6. The van der Waals surface area contributed by atoms with E-state index in [1.54, 1.807) is 43.4 Å². The van der Waals surface area contributed by atoms with E-state index >= 15 is 0 Å². The summed E-state index contributed by atoms with van der Waals surface area (Å²) in [6.07, 6.45) is 0. The fourth-order valence-electron chi connectivity index (χ4n) is 3.72. The molecule has 0 aliphatic rings. The second kappa shape index (κ2) is 10.1. The van der Waals surface area contributed by atoms with Crippen LogP contribution in [-0.4, -0.2) is 32.2 Å². The zero-order valence-corrected chi connectivity index (χ0v) is 20.5. The second-order valence-electron chi connectivity index (χ2n) is 8.44. The molecule has 35 heavy (non-hydrogen) atoms. The first-order valence-electron chi connectivity index (χ1n) is 11.1. The van der Waals surface area contributed by atoms with Gasteiger partial charge >= 0.3 is 5.69 Å². The van der Waals surface area contributed by atoms with Crippen LogP contribution >= 0.6 is 11.6 Å². The molecule has 0 N–H and O–H groups in total. The van der Waals surface area contributed by atoms with Crippen molar-refractivity contribution in [2.24, 2.45) is 0 Å². The van der Waals surface area contributed by atoms with Crippen LogP contribution in [0.3, 0.4) is 0 Å². The Morgan fingerprint density at radius 3 is 2.31 bits per heavy atom. The number of hydrogen-bond acceptors (Lipinski definition) is 4. The minimum atomic E-state index is -0.764. The SMILES string of the molecule is Cc1ccc(-n2nc(C(=O)N(C)Cc3ccccc3)c(=O)n(Cc3ccccc3Cl)c2=O)cc1C. The van der Waals surface area contributed by atoms with Crippen LogP contribution in [0.2, 0.25) is 5.02 Å². The van der Waals surface area contributed by atoms with Crippen molar-refractivity contribution in [1.82, 2.24) is 19.2 Å². The van der Waals surface area contributed by atoms with E-state index < -0.39 is 17.2 Å². The van der Waals surface area contributed by atoms with E-state index in [0.717, 1.165) is 25.9 Å². The van der Waals surface area contributed by atoms with E-state index in [1.165, 1.54) is 4.90 Å². The third-order valence-corrected chi connectivity index (χ3v) is 6.26. The summed E-state index contributed by atoms with van der Waals surface area (Å²) in [5, 5.41) is 4.67. The Kier molecular flexibility index (Phi) is 6.98. The van der Waals surface area contributed by atoms with Crippen molar-refractivity contribution < 1.29 is 4.79 Å². The zero-order chi connectivity index (χ0) is 25.1. The number of hydrogen-bond donors (Lipinski definition) is 0. The molecule has 1 aromatic heterocycles. The molecule has 178 valence electrons. The van der Waals surface area contributed by atoms with Crippen molar-refractivity contribution in [3.05, 3.63) is 127 Å². The Labute approximate surface area is 207 Å². The molecular weight excluding hydrogens is 464 g/mol. The summed E-state index contributed by atoms with van der Waals surface area (Å²) in [5.74, 6) is -0.579. The molecule has 1 heterocycles. The molecule has 0 fully saturated rings. The zero-order valence-electron chi connectivity index (χ0n) is 19.7. The first kappa shape index (κ1) is 24.2. The average molecular weight is 489 g/mol. The van der Waals surface area contributed by atoms with Crippen molar-refractivity contribution in [1.29, 1.82) is 0 Å². The van der Waals surface area contributed by atoms with Gasteiger partial charge in [-0.3, -0.25) is 14.2 Å². The maximum absolute atomic E-state index is 13.4. The van der Waals surface area contributed by atoms with Gasteiger partial charge in [-0.2, -0.15) is 9.78 Å². The lowest BCUT2D eigenvalue weighted by Gasteiger charge is -2.18. The second-order valence-corrected chi connectivity index (χ2v) is 8.85. The summed E-state index contributed by atoms with van der Waals surface area (Å²) in [6, 6.07) is 21.8. The Morgan fingerprint density at radius 1 is 0.943 bits per heavy atom. The number of amides is 1. The molecule has 0 unspecified atom stereocenters. The Bertz CT molecular complexity index is 1510. The molecule has 8 heteroatoms. The van der Waals surface area contributed by atoms with Crippen molar-refractivity contribution >= 4 is 17.5 Å². The summed E-state index contributed by atoms with van der Waals surface area (Å²) in [6.45, 7) is 4.08. The molecule has 4 aromatic rings. The van der Waals surface area contributed by atoms with E-state index in [1.807, 2.05) is 50.2 Å².